The van der Waals surface area contributed by atoms with Crippen LogP contribution in [0.4, 0.5) is 0 Å². The van der Waals surface area contributed by atoms with E-state index in [0.717, 1.165) is 28.3 Å². The van der Waals surface area contributed by atoms with Crippen molar-refractivity contribution in [1.29, 1.82) is 0 Å². The van der Waals surface area contributed by atoms with Gasteiger partial charge in [0.25, 0.3) is 5.91 Å². The number of nitrogens with zero attached hydrogens (tertiary/aromatic N) is 1. The van der Waals surface area contributed by atoms with E-state index >= 15 is 0 Å². The van der Waals surface area contributed by atoms with Gasteiger partial charge < -0.3 is 24.1 Å². The van der Waals surface area contributed by atoms with Gasteiger partial charge in [0, 0.05) is 5.56 Å². The van der Waals surface area contributed by atoms with E-state index < -0.39 is 0 Å². The monoisotopic (exact) mass is 424 g/mol. The van der Waals surface area contributed by atoms with Crippen molar-refractivity contribution in [2.24, 2.45) is 0 Å². The molecular weight excluding hydrogens is 396 g/mol. The third-order valence-electron chi connectivity index (χ3n) is 4.95. The van der Waals surface area contributed by atoms with Gasteiger partial charge in [-0.2, -0.15) is 0 Å². The van der Waals surface area contributed by atoms with Gasteiger partial charge in [-0.1, -0.05) is 22.9 Å². The van der Waals surface area contributed by atoms with E-state index in [1.54, 1.807) is 18.2 Å². The minimum Gasteiger partial charge on any atom is -0.493 e. The van der Waals surface area contributed by atoms with Crippen LogP contribution >= 0.6 is 0 Å². The Balaban J connectivity index is 1.55. The number of hydrogen-bond acceptors (Lipinski definition) is 6. The fraction of sp³-hybridized carbons (Fsp3) is 0.333. The van der Waals surface area contributed by atoms with E-state index in [2.05, 4.69) is 16.5 Å². The number of benzene rings is 2. The standard InChI is InChI=1S/C24H28N2O5/c1-15-6-8-21(16(2)12-15)29-11-10-25-24(27)19-7-9-22(23(13-19)28-5)30-14-20-17(3)26-31-18(20)4/h6-9,12-13H,10-11,14H2,1-5H3,(H,25,27). The van der Waals surface area contributed by atoms with Gasteiger partial charge in [0.15, 0.2) is 11.5 Å². The molecule has 31 heavy (non-hydrogen) atoms. The highest BCUT2D eigenvalue weighted by Gasteiger charge is 2.14. The van der Waals surface area contributed by atoms with Crippen LogP contribution in [-0.2, 0) is 6.61 Å². The minimum absolute atomic E-state index is 0.209. The second-order valence-corrected chi connectivity index (χ2v) is 7.33. The van der Waals surface area contributed by atoms with Crippen LogP contribution < -0.4 is 19.5 Å². The van der Waals surface area contributed by atoms with Gasteiger partial charge in [0.1, 0.15) is 24.7 Å². The van der Waals surface area contributed by atoms with Crippen LogP contribution in [0.5, 0.6) is 17.2 Å². The molecule has 0 spiro atoms. The molecule has 0 saturated carbocycles. The largest absolute Gasteiger partial charge is 0.493 e. The number of carbonyl (C=O) groups is 1. The molecule has 164 valence electrons. The van der Waals surface area contributed by atoms with E-state index in [9.17, 15) is 4.79 Å². The molecule has 0 aliphatic heterocycles. The lowest BCUT2D eigenvalue weighted by molar-refractivity contribution is 0.0946. The maximum atomic E-state index is 12.5. The minimum atomic E-state index is -0.209. The first kappa shape index (κ1) is 22.2. The second kappa shape index (κ2) is 10.0. The van der Waals surface area contributed by atoms with Gasteiger partial charge in [-0.25, -0.2) is 0 Å². The van der Waals surface area contributed by atoms with Crippen LogP contribution in [0.2, 0.25) is 0 Å². The zero-order valence-electron chi connectivity index (χ0n) is 18.6. The Labute approximate surface area is 182 Å². The third-order valence-corrected chi connectivity index (χ3v) is 4.95. The predicted molar refractivity (Wildman–Crippen MR) is 117 cm³/mol. The quantitative estimate of drug-likeness (QED) is 0.516. The Morgan fingerprint density at radius 1 is 1.00 bits per heavy atom. The van der Waals surface area contributed by atoms with Gasteiger partial charge in [-0.05, 0) is 57.5 Å². The summed E-state index contributed by atoms with van der Waals surface area (Å²) in [5.74, 6) is 2.35. The number of carbonyl (C=O) groups excluding carboxylic acids is 1. The third kappa shape index (κ3) is 5.57. The number of aryl methyl sites for hydroxylation is 4. The van der Waals surface area contributed by atoms with Gasteiger partial charge >= 0.3 is 0 Å². The zero-order valence-corrected chi connectivity index (χ0v) is 18.6. The van der Waals surface area contributed by atoms with Crippen molar-refractivity contribution in [3.63, 3.8) is 0 Å². The average Bonchev–Trinajstić information content (AvgIpc) is 3.08. The van der Waals surface area contributed by atoms with Crippen molar-refractivity contribution in [2.75, 3.05) is 20.3 Å². The molecule has 0 bridgehead atoms. The van der Waals surface area contributed by atoms with Crippen LogP contribution in [0.15, 0.2) is 40.9 Å². The van der Waals surface area contributed by atoms with E-state index in [0.29, 0.717) is 36.8 Å². The molecule has 1 N–H and O–H groups in total. The maximum Gasteiger partial charge on any atom is 0.251 e. The molecule has 0 unspecified atom stereocenters. The predicted octanol–water partition coefficient (Wildman–Crippen LogP) is 4.30. The molecule has 3 rings (SSSR count). The fourth-order valence-corrected chi connectivity index (χ4v) is 3.17. The Bertz CT molecular complexity index is 1040. The van der Waals surface area contributed by atoms with E-state index in [1.807, 2.05) is 39.8 Å². The Morgan fingerprint density at radius 2 is 1.77 bits per heavy atom. The van der Waals surface area contributed by atoms with Crippen molar-refractivity contribution in [3.05, 3.63) is 70.1 Å². The van der Waals surface area contributed by atoms with E-state index in [-0.39, 0.29) is 5.91 Å². The molecule has 0 radical (unpaired) electrons. The summed E-state index contributed by atoms with van der Waals surface area (Å²) < 4.78 is 22.2. The molecule has 3 aromatic rings. The first-order valence-electron chi connectivity index (χ1n) is 10.1. The summed E-state index contributed by atoms with van der Waals surface area (Å²) in [6.07, 6.45) is 0. The zero-order chi connectivity index (χ0) is 22.4. The lowest BCUT2D eigenvalue weighted by Crippen LogP contribution is -2.28. The van der Waals surface area contributed by atoms with Gasteiger partial charge in [0.2, 0.25) is 0 Å². The Hall–Kier alpha value is -3.48. The normalized spacial score (nSPS) is 10.6. The number of aromatic nitrogens is 1. The highest BCUT2D eigenvalue weighted by atomic mass is 16.5. The Kier molecular flexibility index (Phi) is 7.18. The number of hydrogen-bond donors (Lipinski definition) is 1. The summed E-state index contributed by atoms with van der Waals surface area (Å²) >= 11 is 0. The van der Waals surface area contributed by atoms with Crippen molar-refractivity contribution in [1.82, 2.24) is 10.5 Å². The van der Waals surface area contributed by atoms with Crippen molar-refractivity contribution >= 4 is 5.91 Å². The van der Waals surface area contributed by atoms with Crippen LogP contribution in [0.3, 0.4) is 0 Å². The van der Waals surface area contributed by atoms with Crippen molar-refractivity contribution in [3.8, 4) is 17.2 Å². The SMILES string of the molecule is COc1cc(C(=O)NCCOc2ccc(C)cc2C)ccc1OCc1c(C)noc1C. The first-order valence-corrected chi connectivity index (χ1v) is 10.1. The number of rotatable bonds is 9. The maximum absolute atomic E-state index is 12.5. The molecule has 2 aromatic carbocycles. The molecule has 0 aliphatic carbocycles. The summed E-state index contributed by atoms with van der Waals surface area (Å²) in [4.78, 5) is 12.5. The molecule has 0 atom stereocenters. The van der Waals surface area contributed by atoms with E-state index in [1.165, 1.54) is 12.7 Å². The summed E-state index contributed by atoms with van der Waals surface area (Å²) in [5, 5.41) is 6.78. The number of methoxy groups -OCH3 is 1. The lowest BCUT2D eigenvalue weighted by Gasteiger charge is -2.13. The number of amides is 1. The van der Waals surface area contributed by atoms with Crippen molar-refractivity contribution < 1.29 is 23.5 Å². The summed E-state index contributed by atoms with van der Waals surface area (Å²) in [6.45, 7) is 8.82. The molecule has 0 fully saturated rings. The van der Waals surface area contributed by atoms with Crippen LogP contribution in [0.1, 0.15) is 38.5 Å². The topological polar surface area (TPSA) is 82.8 Å². The number of ether oxygens (including phenoxy) is 3. The van der Waals surface area contributed by atoms with Gasteiger partial charge in [-0.15, -0.1) is 0 Å². The summed E-state index contributed by atoms with van der Waals surface area (Å²) in [6, 6.07) is 11.1. The summed E-state index contributed by atoms with van der Waals surface area (Å²) in [7, 11) is 1.54. The highest BCUT2D eigenvalue weighted by molar-refractivity contribution is 5.94. The molecular formula is C24H28N2O5. The smallest absolute Gasteiger partial charge is 0.251 e. The van der Waals surface area contributed by atoms with Crippen molar-refractivity contribution in [2.45, 2.75) is 34.3 Å². The molecule has 7 heteroatoms. The van der Waals surface area contributed by atoms with E-state index in [4.69, 9.17) is 18.7 Å². The van der Waals surface area contributed by atoms with Crippen LogP contribution in [-0.4, -0.2) is 31.3 Å². The second-order valence-electron chi connectivity index (χ2n) is 7.33. The molecule has 7 nitrogen and oxygen atoms in total. The first-order chi connectivity index (χ1) is 14.9. The fourth-order valence-electron chi connectivity index (χ4n) is 3.17. The highest BCUT2D eigenvalue weighted by Crippen LogP contribution is 2.29. The lowest BCUT2D eigenvalue weighted by atomic mass is 10.1. The number of nitrogens with one attached hydrogen (secondary N) is 1. The van der Waals surface area contributed by atoms with Gasteiger partial charge in [-0.3, -0.25) is 4.79 Å². The molecule has 0 saturated heterocycles. The molecule has 1 amide bonds. The Morgan fingerprint density at radius 3 is 2.45 bits per heavy atom. The van der Waals surface area contributed by atoms with Crippen LogP contribution in [0, 0.1) is 27.7 Å². The summed E-state index contributed by atoms with van der Waals surface area (Å²) in [5.41, 5.74) is 4.42. The van der Waals surface area contributed by atoms with Crippen LogP contribution in [0.25, 0.3) is 0 Å². The molecule has 1 heterocycles. The molecule has 0 aliphatic rings. The molecule has 1 aromatic heterocycles. The van der Waals surface area contributed by atoms with Gasteiger partial charge in [0.05, 0.1) is 24.9 Å². The average molecular weight is 424 g/mol.